The fraction of sp³-hybridized carbons (Fsp3) is 0.625. The molecular weight excluding hydrogens is 238 g/mol. The smallest absolute Gasteiger partial charge is 0.123 e. The molecule has 1 aliphatic rings. The number of nitrogens with two attached hydrogens (primary N) is 1. The highest BCUT2D eigenvalue weighted by Crippen LogP contribution is 2.42. The molecule has 106 valence electrons. The SMILES string of the molecule is COC(C)(C)CCC1(CN)CCOc2ccccc21. The summed E-state index contributed by atoms with van der Waals surface area (Å²) in [5, 5.41) is 0. The first-order valence-corrected chi connectivity index (χ1v) is 7.00. The van der Waals surface area contributed by atoms with Gasteiger partial charge in [-0.05, 0) is 39.2 Å². The molecule has 0 saturated heterocycles. The summed E-state index contributed by atoms with van der Waals surface area (Å²) in [6.07, 6.45) is 3.01. The molecular formula is C16H25NO2. The minimum atomic E-state index is -0.102. The van der Waals surface area contributed by atoms with E-state index in [9.17, 15) is 0 Å². The van der Waals surface area contributed by atoms with Gasteiger partial charge in [0, 0.05) is 24.6 Å². The molecule has 0 aromatic heterocycles. The monoisotopic (exact) mass is 263 g/mol. The molecule has 1 heterocycles. The Balaban J connectivity index is 2.24. The van der Waals surface area contributed by atoms with E-state index < -0.39 is 0 Å². The van der Waals surface area contributed by atoms with Crippen LogP contribution in [-0.4, -0.2) is 25.9 Å². The molecule has 1 aliphatic heterocycles. The Hall–Kier alpha value is -1.06. The average Bonchev–Trinajstić information content (AvgIpc) is 2.45. The molecule has 0 aliphatic carbocycles. The van der Waals surface area contributed by atoms with Crippen molar-refractivity contribution in [2.75, 3.05) is 20.3 Å². The topological polar surface area (TPSA) is 44.5 Å². The van der Waals surface area contributed by atoms with Gasteiger partial charge in [-0.25, -0.2) is 0 Å². The summed E-state index contributed by atoms with van der Waals surface area (Å²) in [5.74, 6) is 0.995. The second-order valence-corrected chi connectivity index (χ2v) is 6.04. The summed E-state index contributed by atoms with van der Waals surface area (Å²) in [4.78, 5) is 0. The van der Waals surface area contributed by atoms with Gasteiger partial charge < -0.3 is 15.2 Å². The van der Waals surface area contributed by atoms with E-state index in [4.69, 9.17) is 15.2 Å². The molecule has 0 radical (unpaired) electrons. The fourth-order valence-electron chi connectivity index (χ4n) is 2.74. The van der Waals surface area contributed by atoms with Crippen LogP contribution < -0.4 is 10.5 Å². The molecule has 0 saturated carbocycles. The summed E-state index contributed by atoms with van der Waals surface area (Å²) >= 11 is 0. The summed E-state index contributed by atoms with van der Waals surface area (Å²) in [7, 11) is 1.77. The maximum absolute atomic E-state index is 6.13. The predicted molar refractivity (Wildman–Crippen MR) is 77.6 cm³/mol. The van der Waals surface area contributed by atoms with Crippen molar-refractivity contribution in [1.29, 1.82) is 0 Å². The lowest BCUT2D eigenvalue weighted by Crippen LogP contribution is -2.41. The van der Waals surface area contributed by atoms with Crippen molar-refractivity contribution >= 4 is 0 Å². The molecule has 1 atom stereocenters. The van der Waals surface area contributed by atoms with Crippen LogP contribution in [0.15, 0.2) is 24.3 Å². The largest absolute Gasteiger partial charge is 0.493 e. The van der Waals surface area contributed by atoms with Crippen molar-refractivity contribution in [2.45, 2.75) is 44.1 Å². The van der Waals surface area contributed by atoms with Crippen LogP contribution in [-0.2, 0) is 10.2 Å². The van der Waals surface area contributed by atoms with Crippen LogP contribution in [0.4, 0.5) is 0 Å². The third-order valence-electron chi connectivity index (χ3n) is 4.45. The molecule has 19 heavy (non-hydrogen) atoms. The third-order valence-corrected chi connectivity index (χ3v) is 4.45. The number of hydrogen-bond donors (Lipinski definition) is 1. The van der Waals surface area contributed by atoms with E-state index in [1.165, 1.54) is 5.56 Å². The molecule has 0 bridgehead atoms. The number of fused-ring (bicyclic) bond motifs is 1. The quantitative estimate of drug-likeness (QED) is 0.888. The summed E-state index contributed by atoms with van der Waals surface area (Å²) in [6.45, 7) is 5.67. The maximum atomic E-state index is 6.13. The lowest BCUT2D eigenvalue weighted by atomic mass is 9.71. The summed E-state index contributed by atoms with van der Waals surface area (Å²) in [6, 6.07) is 8.28. The Bertz CT molecular complexity index is 431. The lowest BCUT2D eigenvalue weighted by Gasteiger charge is -2.40. The van der Waals surface area contributed by atoms with E-state index in [0.29, 0.717) is 6.54 Å². The van der Waals surface area contributed by atoms with Gasteiger partial charge in [-0.1, -0.05) is 18.2 Å². The van der Waals surface area contributed by atoms with Crippen LogP contribution in [0.2, 0.25) is 0 Å². The molecule has 0 spiro atoms. The van der Waals surface area contributed by atoms with Gasteiger partial charge in [-0.15, -0.1) is 0 Å². The minimum absolute atomic E-state index is 0.0324. The lowest BCUT2D eigenvalue weighted by molar-refractivity contribution is 0.00684. The van der Waals surface area contributed by atoms with E-state index in [1.807, 2.05) is 12.1 Å². The van der Waals surface area contributed by atoms with Crippen LogP contribution in [0, 0.1) is 0 Å². The maximum Gasteiger partial charge on any atom is 0.123 e. The first-order valence-electron chi connectivity index (χ1n) is 7.00. The zero-order valence-electron chi connectivity index (χ0n) is 12.2. The number of benzene rings is 1. The van der Waals surface area contributed by atoms with E-state index in [0.717, 1.165) is 31.6 Å². The van der Waals surface area contributed by atoms with Gasteiger partial charge in [0.2, 0.25) is 0 Å². The first-order chi connectivity index (χ1) is 9.03. The van der Waals surface area contributed by atoms with Crippen molar-refractivity contribution in [3.05, 3.63) is 29.8 Å². The summed E-state index contributed by atoms with van der Waals surface area (Å²) < 4.78 is 11.3. The van der Waals surface area contributed by atoms with E-state index >= 15 is 0 Å². The number of ether oxygens (including phenoxy) is 2. The normalized spacial score (nSPS) is 22.7. The zero-order chi connectivity index (χ0) is 13.9. The Morgan fingerprint density at radius 3 is 2.79 bits per heavy atom. The molecule has 2 N–H and O–H groups in total. The van der Waals surface area contributed by atoms with Gasteiger partial charge in [0.25, 0.3) is 0 Å². The first kappa shape index (κ1) is 14.4. The third kappa shape index (κ3) is 2.93. The second-order valence-electron chi connectivity index (χ2n) is 6.04. The molecule has 3 heteroatoms. The van der Waals surface area contributed by atoms with Gasteiger partial charge >= 0.3 is 0 Å². The van der Waals surface area contributed by atoms with Crippen LogP contribution in [0.25, 0.3) is 0 Å². The molecule has 1 aromatic carbocycles. The molecule has 1 aromatic rings. The van der Waals surface area contributed by atoms with Gasteiger partial charge in [0.15, 0.2) is 0 Å². The fourth-order valence-corrected chi connectivity index (χ4v) is 2.74. The highest BCUT2D eigenvalue weighted by molar-refractivity contribution is 5.41. The van der Waals surface area contributed by atoms with Crippen LogP contribution in [0.3, 0.4) is 0 Å². The minimum Gasteiger partial charge on any atom is -0.493 e. The molecule has 3 nitrogen and oxygen atoms in total. The Labute approximate surface area is 116 Å². The van der Waals surface area contributed by atoms with Gasteiger partial charge in [-0.2, -0.15) is 0 Å². The number of hydrogen-bond acceptors (Lipinski definition) is 3. The molecule has 0 amide bonds. The predicted octanol–water partition coefficient (Wildman–Crippen LogP) is 2.87. The van der Waals surface area contributed by atoms with Crippen molar-refractivity contribution in [3.8, 4) is 5.75 Å². The second kappa shape index (κ2) is 5.51. The number of para-hydroxylation sites is 1. The van der Waals surface area contributed by atoms with E-state index in [-0.39, 0.29) is 11.0 Å². The van der Waals surface area contributed by atoms with E-state index in [2.05, 4.69) is 26.0 Å². The number of methoxy groups -OCH3 is 1. The Kier molecular flexibility index (Phi) is 4.16. The Morgan fingerprint density at radius 2 is 2.11 bits per heavy atom. The standard InChI is InChI=1S/C16H25NO2/c1-15(2,18-3)8-9-16(12-17)10-11-19-14-7-5-4-6-13(14)16/h4-7H,8-12,17H2,1-3H3. The molecule has 0 fully saturated rings. The number of rotatable bonds is 5. The zero-order valence-corrected chi connectivity index (χ0v) is 12.2. The van der Waals surface area contributed by atoms with Gasteiger partial charge in [0.1, 0.15) is 5.75 Å². The highest BCUT2D eigenvalue weighted by atomic mass is 16.5. The molecule has 1 unspecified atom stereocenters. The van der Waals surface area contributed by atoms with Crippen LogP contribution in [0.1, 0.15) is 38.7 Å². The van der Waals surface area contributed by atoms with Gasteiger partial charge in [-0.3, -0.25) is 0 Å². The van der Waals surface area contributed by atoms with Crippen molar-refractivity contribution in [3.63, 3.8) is 0 Å². The summed E-state index contributed by atoms with van der Waals surface area (Å²) in [5.41, 5.74) is 7.32. The van der Waals surface area contributed by atoms with E-state index in [1.54, 1.807) is 7.11 Å². The van der Waals surface area contributed by atoms with Crippen molar-refractivity contribution in [1.82, 2.24) is 0 Å². The van der Waals surface area contributed by atoms with Crippen LogP contribution in [0.5, 0.6) is 5.75 Å². The highest BCUT2D eigenvalue weighted by Gasteiger charge is 2.37. The Morgan fingerprint density at radius 1 is 1.37 bits per heavy atom. The molecule has 2 rings (SSSR count). The van der Waals surface area contributed by atoms with Crippen molar-refractivity contribution < 1.29 is 9.47 Å². The van der Waals surface area contributed by atoms with Crippen molar-refractivity contribution in [2.24, 2.45) is 5.73 Å². The van der Waals surface area contributed by atoms with Gasteiger partial charge in [0.05, 0.1) is 12.2 Å². The van der Waals surface area contributed by atoms with Crippen LogP contribution >= 0.6 is 0 Å². The average molecular weight is 263 g/mol.